The molecule has 0 aromatic heterocycles. The molecule has 3 rings (SSSR count). The van der Waals surface area contributed by atoms with E-state index in [0.717, 1.165) is 17.8 Å². The van der Waals surface area contributed by atoms with E-state index in [0.29, 0.717) is 0 Å². The maximum absolute atomic E-state index is 14.1. The molecule has 1 unspecified atom stereocenters. The van der Waals surface area contributed by atoms with Gasteiger partial charge < -0.3 is 10.1 Å². The third-order valence-corrected chi connectivity index (χ3v) is 5.21. The van der Waals surface area contributed by atoms with Gasteiger partial charge in [-0.25, -0.2) is 4.39 Å². The van der Waals surface area contributed by atoms with E-state index in [1.807, 2.05) is 0 Å². The molecule has 1 spiro atoms. The molecule has 128 valence electrons. The van der Waals surface area contributed by atoms with Gasteiger partial charge in [0, 0.05) is 23.5 Å². The number of amides is 3. The Morgan fingerprint density at radius 1 is 1.38 bits per heavy atom. The molecular weight excluding hydrogens is 335 g/mol. The van der Waals surface area contributed by atoms with Gasteiger partial charge in [0.2, 0.25) is 11.8 Å². The highest BCUT2D eigenvalue weighted by atomic mass is 32.2. The van der Waals surface area contributed by atoms with Crippen molar-refractivity contribution in [3.63, 3.8) is 0 Å². The number of anilines is 1. The van der Waals surface area contributed by atoms with Crippen molar-refractivity contribution < 1.29 is 23.5 Å². The molecule has 2 aliphatic rings. The summed E-state index contributed by atoms with van der Waals surface area (Å²) in [6.07, 6.45) is 0.248. The highest BCUT2D eigenvalue weighted by Gasteiger charge is 2.53. The molecule has 6 nitrogen and oxygen atoms in total. The van der Waals surface area contributed by atoms with E-state index < -0.39 is 27.1 Å². The Hall–Kier alpha value is -2.09. The van der Waals surface area contributed by atoms with Gasteiger partial charge in [0.25, 0.3) is 5.24 Å². The molecule has 2 aliphatic heterocycles. The summed E-state index contributed by atoms with van der Waals surface area (Å²) in [5.74, 6) is -1.17. The largest absolute Gasteiger partial charge is 0.491 e. The van der Waals surface area contributed by atoms with Gasteiger partial charge in [-0.15, -0.1) is 0 Å². The highest BCUT2D eigenvalue weighted by Crippen LogP contribution is 2.52. The number of hydrogen-bond donors (Lipinski definition) is 2. The number of nitrogens with one attached hydrogen (secondary N) is 2. The fraction of sp³-hybridized carbons (Fsp3) is 0.438. The summed E-state index contributed by atoms with van der Waals surface area (Å²) in [5, 5.41) is 4.42. The van der Waals surface area contributed by atoms with Crippen molar-refractivity contribution in [1.82, 2.24) is 5.32 Å². The van der Waals surface area contributed by atoms with Crippen LogP contribution < -0.4 is 15.4 Å². The van der Waals surface area contributed by atoms with Crippen molar-refractivity contribution >= 4 is 34.5 Å². The van der Waals surface area contributed by atoms with Crippen molar-refractivity contribution in [3.8, 4) is 5.75 Å². The lowest BCUT2D eigenvalue weighted by Gasteiger charge is -2.33. The van der Waals surface area contributed by atoms with Crippen LogP contribution in [-0.2, 0) is 14.3 Å². The number of thioether (sulfide) groups is 1. The molecule has 2 heterocycles. The quantitative estimate of drug-likeness (QED) is 0.812. The second-order valence-corrected chi connectivity index (χ2v) is 8.08. The number of hydrogen-bond acceptors (Lipinski definition) is 5. The molecule has 1 aromatic rings. The maximum atomic E-state index is 14.1. The van der Waals surface area contributed by atoms with Crippen molar-refractivity contribution in [3.05, 3.63) is 23.5 Å². The molecule has 24 heavy (non-hydrogen) atoms. The van der Waals surface area contributed by atoms with Gasteiger partial charge in [-0.2, -0.15) is 0 Å². The van der Waals surface area contributed by atoms with E-state index in [9.17, 15) is 18.8 Å². The van der Waals surface area contributed by atoms with Crippen molar-refractivity contribution in [1.29, 1.82) is 0 Å². The SMILES string of the molecule is CC(C)(C)C(=O)Nc1cc(F)cc2c1OCCC21SC(=O)NC1=O. The lowest BCUT2D eigenvalue weighted by atomic mass is 9.90. The van der Waals surface area contributed by atoms with Crippen molar-refractivity contribution in [2.24, 2.45) is 5.41 Å². The third kappa shape index (κ3) is 2.64. The zero-order valence-corrected chi connectivity index (χ0v) is 14.3. The van der Waals surface area contributed by atoms with Gasteiger partial charge in [0.05, 0.1) is 12.3 Å². The standard InChI is InChI=1S/C16H17FN2O4S/c1-15(2,3)12(20)18-10-7-8(17)6-9-11(10)23-5-4-16(9)13(21)19-14(22)24-16/h6-7H,4-5H2,1-3H3,(H,18,20)(H,19,21,22). The normalized spacial score (nSPS) is 22.8. The first-order chi connectivity index (χ1) is 11.1. The fourth-order valence-electron chi connectivity index (χ4n) is 2.65. The maximum Gasteiger partial charge on any atom is 0.287 e. The summed E-state index contributed by atoms with van der Waals surface area (Å²) >= 11 is 0.823. The van der Waals surface area contributed by atoms with Crippen LogP contribution in [0.3, 0.4) is 0 Å². The Labute approximate surface area is 142 Å². The first-order valence-corrected chi connectivity index (χ1v) is 8.28. The van der Waals surface area contributed by atoms with Crippen LogP contribution in [0.1, 0.15) is 32.8 Å². The van der Waals surface area contributed by atoms with Crippen LogP contribution in [0.5, 0.6) is 5.75 Å². The van der Waals surface area contributed by atoms with Gasteiger partial charge in [0.1, 0.15) is 16.3 Å². The van der Waals surface area contributed by atoms with E-state index >= 15 is 0 Å². The highest BCUT2D eigenvalue weighted by molar-refractivity contribution is 8.15. The Morgan fingerprint density at radius 2 is 2.08 bits per heavy atom. The Kier molecular flexibility index (Phi) is 3.82. The number of benzene rings is 1. The Morgan fingerprint density at radius 3 is 2.67 bits per heavy atom. The molecule has 1 aromatic carbocycles. The molecule has 0 aliphatic carbocycles. The summed E-state index contributed by atoms with van der Waals surface area (Å²) in [4.78, 5) is 36.2. The van der Waals surface area contributed by atoms with Gasteiger partial charge in [-0.05, 0) is 17.8 Å². The number of fused-ring (bicyclic) bond motifs is 2. The van der Waals surface area contributed by atoms with Crippen LogP contribution >= 0.6 is 11.8 Å². The van der Waals surface area contributed by atoms with Gasteiger partial charge >= 0.3 is 0 Å². The molecule has 1 atom stereocenters. The lowest BCUT2D eigenvalue weighted by molar-refractivity contribution is -0.123. The topological polar surface area (TPSA) is 84.5 Å². The minimum Gasteiger partial charge on any atom is -0.491 e. The van der Waals surface area contributed by atoms with Gasteiger partial charge in [-0.1, -0.05) is 20.8 Å². The molecule has 0 saturated carbocycles. The average molecular weight is 352 g/mol. The van der Waals surface area contributed by atoms with Gasteiger partial charge in [-0.3, -0.25) is 19.7 Å². The van der Waals surface area contributed by atoms with Gasteiger partial charge in [0.15, 0.2) is 0 Å². The number of carbonyl (C=O) groups is 3. The minimum atomic E-state index is -1.21. The predicted molar refractivity (Wildman–Crippen MR) is 87.4 cm³/mol. The van der Waals surface area contributed by atoms with E-state index in [2.05, 4.69) is 10.6 Å². The molecule has 0 bridgehead atoms. The van der Waals surface area contributed by atoms with Crippen molar-refractivity contribution in [2.45, 2.75) is 31.9 Å². The summed E-state index contributed by atoms with van der Waals surface area (Å²) in [7, 11) is 0. The second kappa shape index (κ2) is 5.47. The summed E-state index contributed by atoms with van der Waals surface area (Å²) in [5.41, 5.74) is -0.246. The zero-order chi connectivity index (χ0) is 17.7. The van der Waals surface area contributed by atoms with E-state index in [-0.39, 0.29) is 35.9 Å². The van der Waals surface area contributed by atoms with E-state index in [4.69, 9.17) is 4.74 Å². The first-order valence-electron chi connectivity index (χ1n) is 7.46. The Bertz CT molecular complexity index is 759. The minimum absolute atomic E-state index is 0.164. The van der Waals surface area contributed by atoms with Crippen LogP contribution in [0.15, 0.2) is 12.1 Å². The summed E-state index contributed by atoms with van der Waals surface area (Å²) in [6.45, 7) is 5.38. The number of halogens is 1. The molecule has 1 saturated heterocycles. The number of rotatable bonds is 1. The lowest BCUT2D eigenvalue weighted by Crippen LogP contribution is -2.39. The summed E-state index contributed by atoms with van der Waals surface area (Å²) in [6, 6.07) is 2.34. The smallest absolute Gasteiger partial charge is 0.287 e. The van der Waals surface area contributed by atoms with E-state index in [1.165, 1.54) is 6.07 Å². The van der Waals surface area contributed by atoms with Crippen LogP contribution in [0.25, 0.3) is 0 Å². The molecule has 2 N–H and O–H groups in total. The van der Waals surface area contributed by atoms with Crippen LogP contribution in [0.2, 0.25) is 0 Å². The van der Waals surface area contributed by atoms with E-state index in [1.54, 1.807) is 20.8 Å². The molecule has 8 heteroatoms. The fourth-order valence-corrected chi connectivity index (χ4v) is 3.70. The number of ether oxygens (including phenoxy) is 1. The third-order valence-electron chi connectivity index (χ3n) is 3.97. The molecule has 1 fully saturated rings. The summed E-state index contributed by atoms with van der Waals surface area (Å²) < 4.78 is 18.5. The predicted octanol–water partition coefficient (Wildman–Crippen LogP) is 2.77. The molecule has 0 radical (unpaired) electrons. The van der Waals surface area contributed by atoms with Crippen LogP contribution in [0.4, 0.5) is 14.9 Å². The van der Waals surface area contributed by atoms with Crippen LogP contribution in [0, 0.1) is 11.2 Å². The monoisotopic (exact) mass is 352 g/mol. The number of imide groups is 1. The Balaban J connectivity index is 2.10. The zero-order valence-electron chi connectivity index (χ0n) is 13.5. The van der Waals surface area contributed by atoms with Crippen LogP contribution in [-0.4, -0.2) is 23.7 Å². The average Bonchev–Trinajstić information content (AvgIpc) is 2.74. The van der Waals surface area contributed by atoms with Crippen molar-refractivity contribution in [2.75, 3.05) is 11.9 Å². The second-order valence-electron chi connectivity index (χ2n) is 6.80. The first kappa shape index (κ1) is 16.8. The number of carbonyl (C=O) groups excluding carboxylic acids is 3. The molecular formula is C16H17FN2O4S. The molecule has 3 amide bonds.